The summed E-state index contributed by atoms with van der Waals surface area (Å²) in [4.78, 5) is 30.9. The van der Waals surface area contributed by atoms with Gasteiger partial charge in [0.25, 0.3) is 0 Å². The number of anilines is 1. The van der Waals surface area contributed by atoms with Crippen molar-refractivity contribution in [1.29, 1.82) is 0 Å². The molecule has 1 fully saturated rings. The highest BCUT2D eigenvalue weighted by Crippen LogP contribution is 2.29. The number of benzene rings is 1. The number of carbonyl (C=O) groups excluding carboxylic acids is 2. The van der Waals surface area contributed by atoms with Crippen molar-refractivity contribution < 1.29 is 9.59 Å². The van der Waals surface area contributed by atoms with Crippen molar-refractivity contribution in [2.45, 2.75) is 19.9 Å². The van der Waals surface area contributed by atoms with Crippen molar-refractivity contribution in [3.8, 4) is 0 Å². The molecule has 1 heterocycles. The Morgan fingerprint density at radius 3 is 2.31 bits per heavy atom. The molecule has 0 unspecified atom stereocenters. The van der Waals surface area contributed by atoms with E-state index in [9.17, 15) is 9.59 Å². The second-order valence-corrected chi connectivity index (χ2v) is 7.31. The normalized spacial score (nSPS) is 16.6. The fourth-order valence-electron chi connectivity index (χ4n) is 2.90. The molecule has 1 aliphatic rings. The molecule has 0 radical (unpaired) electrons. The fourth-order valence-corrected chi connectivity index (χ4v) is 3.39. The van der Waals surface area contributed by atoms with E-state index in [0.29, 0.717) is 15.7 Å². The van der Waals surface area contributed by atoms with Crippen molar-refractivity contribution in [2.75, 3.05) is 51.6 Å². The maximum Gasteiger partial charge on any atom is 0.239 e. The number of carbonyl (C=O) groups is 2. The van der Waals surface area contributed by atoms with Crippen LogP contribution in [0.1, 0.15) is 13.8 Å². The quantitative estimate of drug-likeness (QED) is 0.796. The largest absolute Gasteiger partial charge is 0.339 e. The highest BCUT2D eigenvalue weighted by molar-refractivity contribution is 6.39. The first-order valence-corrected chi connectivity index (χ1v) is 9.54. The smallest absolute Gasteiger partial charge is 0.239 e. The van der Waals surface area contributed by atoms with E-state index in [2.05, 4.69) is 17.1 Å². The van der Waals surface area contributed by atoms with Gasteiger partial charge in [-0.3, -0.25) is 14.5 Å². The Hall–Kier alpha value is -1.34. The first kappa shape index (κ1) is 21.0. The zero-order valence-corrected chi connectivity index (χ0v) is 17.0. The molecule has 144 valence electrons. The summed E-state index contributed by atoms with van der Waals surface area (Å²) < 4.78 is 0. The van der Waals surface area contributed by atoms with Gasteiger partial charge in [0.2, 0.25) is 11.8 Å². The zero-order chi connectivity index (χ0) is 19.3. The van der Waals surface area contributed by atoms with Crippen LogP contribution < -0.4 is 5.32 Å². The molecule has 0 aliphatic carbocycles. The van der Waals surface area contributed by atoms with Crippen LogP contribution in [-0.4, -0.2) is 78.9 Å². The molecule has 1 aliphatic heterocycles. The Kier molecular flexibility index (Phi) is 7.70. The van der Waals surface area contributed by atoms with Gasteiger partial charge in [0.1, 0.15) is 0 Å². The summed E-state index contributed by atoms with van der Waals surface area (Å²) in [5.74, 6) is -0.218. The molecule has 8 heteroatoms. The second kappa shape index (κ2) is 9.55. The molecule has 2 rings (SSSR count). The van der Waals surface area contributed by atoms with Gasteiger partial charge in [-0.2, -0.15) is 0 Å². The van der Waals surface area contributed by atoms with Crippen LogP contribution in [0.2, 0.25) is 10.0 Å². The van der Waals surface area contributed by atoms with Gasteiger partial charge < -0.3 is 15.1 Å². The lowest BCUT2D eigenvalue weighted by Crippen LogP contribution is -2.54. The van der Waals surface area contributed by atoms with Crippen LogP contribution >= 0.6 is 23.2 Å². The van der Waals surface area contributed by atoms with Gasteiger partial charge in [-0.25, -0.2) is 0 Å². The van der Waals surface area contributed by atoms with E-state index < -0.39 is 0 Å². The lowest BCUT2D eigenvalue weighted by molar-refractivity contribution is -0.138. The number of likely N-dealkylation sites (N-methyl/N-ethyl adjacent to an activating group) is 2. The van der Waals surface area contributed by atoms with Gasteiger partial charge in [-0.1, -0.05) is 36.2 Å². The zero-order valence-electron chi connectivity index (χ0n) is 15.5. The Labute approximate surface area is 165 Å². The molecule has 2 amide bonds. The molecule has 1 atom stereocenters. The van der Waals surface area contributed by atoms with Crippen LogP contribution in [0.3, 0.4) is 0 Å². The third-order valence-corrected chi connectivity index (χ3v) is 5.40. The van der Waals surface area contributed by atoms with Crippen LogP contribution in [0.5, 0.6) is 0 Å². The van der Waals surface area contributed by atoms with Crippen LogP contribution in [0.25, 0.3) is 0 Å². The van der Waals surface area contributed by atoms with Gasteiger partial charge in [-0.05, 0) is 32.6 Å². The Bertz CT molecular complexity index is 628. The summed E-state index contributed by atoms with van der Waals surface area (Å²) in [6.07, 6.45) is 0. The standard InChI is InChI=1S/C18H26Cl2N4O2/c1-4-23-8-10-24(11-9-23)18(26)13(2)22(3)12-16(25)21-17-14(19)6-5-7-15(17)20/h5-7,13H,4,8-12H2,1-3H3,(H,21,25)/t13-/m1/s1. The van der Waals surface area contributed by atoms with E-state index in [1.807, 2.05) is 11.8 Å². The molecule has 1 aromatic carbocycles. The number of halogens is 2. The number of rotatable bonds is 6. The minimum absolute atomic E-state index is 0.0480. The molecule has 26 heavy (non-hydrogen) atoms. The van der Waals surface area contributed by atoms with Crippen molar-refractivity contribution in [2.24, 2.45) is 0 Å². The molecule has 0 bridgehead atoms. The van der Waals surface area contributed by atoms with E-state index in [4.69, 9.17) is 23.2 Å². The monoisotopic (exact) mass is 400 g/mol. The number of amides is 2. The van der Waals surface area contributed by atoms with E-state index in [1.165, 1.54) is 0 Å². The summed E-state index contributed by atoms with van der Waals surface area (Å²) >= 11 is 12.1. The van der Waals surface area contributed by atoms with E-state index in [1.54, 1.807) is 30.1 Å². The summed E-state index contributed by atoms with van der Waals surface area (Å²) in [5, 5.41) is 3.48. The number of nitrogens with zero attached hydrogens (tertiary/aromatic N) is 3. The van der Waals surface area contributed by atoms with Crippen molar-refractivity contribution >= 4 is 40.7 Å². The summed E-state index contributed by atoms with van der Waals surface area (Å²) in [5.41, 5.74) is 0.393. The van der Waals surface area contributed by atoms with Crippen LogP contribution in [-0.2, 0) is 9.59 Å². The van der Waals surface area contributed by atoms with Gasteiger partial charge >= 0.3 is 0 Å². The highest BCUT2D eigenvalue weighted by atomic mass is 35.5. The Morgan fingerprint density at radius 1 is 1.19 bits per heavy atom. The molecule has 0 saturated carbocycles. The fraction of sp³-hybridized carbons (Fsp3) is 0.556. The lowest BCUT2D eigenvalue weighted by Gasteiger charge is -2.36. The molecule has 6 nitrogen and oxygen atoms in total. The number of nitrogens with one attached hydrogen (secondary N) is 1. The van der Waals surface area contributed by atoms with Gasteiger partial charge in [0.05, 0.1) is 28.3 Å². The highest BCUT2D eigenvalue weighted by Gasteiger charge is 2.27. The minimum Gasteiger partial charge on any atom is -0.339 e. The third kappa shape index (κ3) is 5.33. The minimum atomic E-state index is -0.379. The molecule has 1 aromatic rings. The summed E-state index contributed by atoms with van der Waals surface area (Å²) in [6, 6.07) is 4.66. The van der Waals surface area contributed by atoms with Crippen LogP contribution in [0.4, 0.5) is 5.69 Å². The number of para-hydroxylation sites is 1. The molecule has 1 saturated heterocycles. The molecule has 0 aromatic heterocycles. The molecule has 1 N–H and O–H groups in total. The van der Waals surface area contributed by atoms with Gasteiger partial charge in [0.15, 0.2) is 0 Å². The second-order valence-electron chi connectivity index (χ2n) is 6.50. The Balaban J connectivity index is 1.89. The number of hydrogen-bond donors (Lipinski definition) is 1. The SMILES string of the molecule is CCN1CCN(C(=O)[C@@H](C)N(C)CC(=O)Nc2c(Cl)cccc2Cl)CC1. The Morgan fingerprint density at radius 2 is 1.77 bits per heavy atom. The summed E-state index contributed by atoms with van der Waals surface area (Å²) in [6.45, 7) is 8.26. The van der Waals surface area contributed by atoms with Crippen molar-refractivity contribution in [3.05, 3.63) is 28.2 Å². The molecular formula is C18H26Cl2N4O2. The predicted octanol–water partition coefficient (Wildman–Crippen LogP) is 2.42. The first-order chi connectivity index (χ1) is 12.3. The maximum atomic E-state index is 12.7. The average Bonchev–Trinajstić information content (AvgIpc) is 2.63. The van der Waals surface area contributed by atoms with E-state index >= 15 is 0 Å². The van der Waals surface area contributed by atoms with Crippen molar-refractivity contribution in [3.63, 3.8) is 0 Å². The van der Waals surface area contributed by atoms with Crippen LogP contribution in [0, 0.1) is 0 Å². The predicted molar refractivity (Wildman–Crippen MR) is 106 cm³/mol. The summed E-state index contributed by atoms with van der Waals surface area (Å²) in [7, 11) is 1.76. The lowest BCUT2D eigenvalue weighted by atomic mass is 10.2. The molecular weight excluding hydrogens is 375 g/mol. The number of hydrogen-bond acceptors (Lipinski definition) is 4. The molecule has 0 spiro atoms. The topological polar surface area (TPSA) is 55.9 Å². The van der Waals surface area contributed by atoms with Crippen LogP contribution in [0.15, 0.2) is 18.2 Å². The van der Waals surface area contributed by atoms with Gasteiger partial charge in [-0.15, -0.1) is 0 Å². The van der Waals surface area contributed by atoms with Gasteiger partial charge in [0, 0.05) is 26.2 Å². The first-order valence-electron chi connectivity index (χ1n) is 8.78. The average molecular weight is 401 g/mol. The number of piperazine rings is 1. The third-order valence-electron chi connectivity index (χ3n) is 4.77. The van der Waals surface area contributed by atoms with E-state index in [-0.39, 0.29) is 24.4 Å². The van der Waals surface area contributed by atoms with Crippen molar-refractivity contribution in [1.82, 2.24) is 14.7 Å². The maximum absolute atomic E-state index is 12.7. The van der Waals surface area contributed by atoms with E-state index in [0.717, 1.165) is 32.7 Å².